The van der Waals surface area contributed by atoms with Crippen LogP contribution in [0.2, 0.25) is 0 Å². The summed E-state index contributed by atoms with van der Waals surface area (Å²) in [6.07, 6.45) is 0.851. The van der Waals surface area contributed by atoms with E-state index in [0.29, 0.717) is 30.9 Å². The van der Waals surface area contributed by atoms with Gasteiger partial charge in [-0.3, -0.25) is 0 Å². The smallest absolute Gasteiger partial charge is 0.129 e. The van der Waals surface area contributed by atoms with Gasteiger partial charge in [-0.15, -0.1) is 0 Å². The zero-order valence-corrected chi connectivity index (χ0v) is 12.2. The molecular formula is C14H18BrFO2. The summed E-state index contributed by atoms with van der Waals surface area (Å²) in [6, 6.07) is 4.69. The van der Waals surface area contributed by atoms with Crippen molar-refractivity contribution in [2.75, 3.05) is 6.61 Å². The Hall–Kier alpha value is -0.450. The minimum Gasteiger partial charge on any atom is -0.385 e. The van der Waals surface area contributed by atoms with Crippen LogP contribution in [-0.2, 0) is 10.3 Å². The van der Waals surface area contributed by atoms with Crippen molar-refractivity contribution in [1.29, 1.82) is 0 Å². The largest absolute Gasteiger partial charge is 0.385 e. The summed E-state index contributed by atoms with van der Waals surface area (Å²) >= 11 is 3.32. The normalized spacial score (nSPS) is 28.7. The fourth-order valence-corrected chi connectivity index (χ4v) is 2.76. The standard InChI is InChI=1S/C14H18BrFO2/c1-9(2)13-8-14(17,5-6-18-13)11-7-10(15)3-4-12(11)16/h3-4,7,9,13,17H,5-6,8H2,1-2H3. The third kappa shape index (κ3) is 2.76. The van der Waals surface area contributed by atoms with Crippen molar-refractivity contribution in [2.45, 2.75) is 38.4 Å². The highest BCUT2D eigenvalue weighted by molar-refractivity contribution is 9.10. The maximum Gasteiger partial charge on any atom is 0.129 e. The molecule has 2 atom stereocenters. The first-order valence-electron chi connectivity index (χ1n) is 6.22. The van der Waals surface area contributed by atoms with E-state index in [0.717, 1.165) is 4.47 Å². The van der Waals surface area contributed by atoms with Crippen LogP contribution in [0.5, 0.6) is 0 Å². The maximum absolute atomic E-state index is 13.9. The molecule has 0 radical (unpaired) electrons. The lowest BCUT2D eigenvalue weighted by atomic mass is 9.81. The van der Waals surface area contributed by atoms with Gasteiger partial charge in [-0.25, -0.2) is 4.39 Å². The van der Waals surface area contributed by atoms with Crippen LogP contribution in [0.25, 0.3) is 0 Å². The molecule has 0 bridgehead atoms. The van der Waals surface area contributed by atoms with E-state index in [1.165, 1.54) is 6.07 Å². The number of rotatable bonds is 2. The molecule has 2 rings (SSSR count). The Morgan fingerprint density at radius 1 is 1.50 bits per heavy atom. The molecule has 2 unspecified atom stereocenters. The summed E-state index contributed by atoms with van der Waals surface area (Å²) in [5.74, 6) is -0.0443. The average molecular weight is 317 g/mol. The highest BCUT2D eigenvalue weighted by atomic mass is 79.9. The van der Waals surface area contributed by atoms with Crippen molar-refractivity contribution in [3.63, 3.8) is 0 Å². The third-order valence-corrected chi connectivity index (χ3v) is 4.05. The molecule has 0 saturated carbocycles. The minimum atomic E-state index is -1.12. The van der Waals surface area contributed by atoms with Crippen molar-refractivity contribution in [3.8, 4) is 0 Å². The van der Waals surface area contributed by atoms with E-state index in [9.17, 15) is 9.50 Å². The number of aliphatic hydroxyl groups is 1. The molecule has 4 heteroatoms. The first kappa shape index (κ1) is 14.0. The highest BCUT2D eigenvalue weighted by Gasteiger charge is 2.39. The molecule has 0 aliphatic carbocycles. The lowest BCUT2D eigenvalue weighted by molar-refractivity contribution is -0.122. The van der Waals surface area contributed by atoms with Crippen LogP contribution in [-0.4, -0.2) is 17.8 Å². The van der Waals surface area contributed by atoms with Crippen LogP contribution < -0.4 is 0 Å². The first-order chi connectivity index (χ1) is 8.42. The van der Waals surface area contributed by atoms with Crippen LogP contribution in [0.15, 0.2) is 22.7 Å². The number of ether oxygens (including phenoxy) is 1. The Morgan fingerprint density at radius 3 is 2.89 bits per heavy atom. The van der Waals surface area contributed by atoms with Crippen molar-refractivity contribution >= 4 is 15.9 Å². The van der Waals surface area contributed by atoms with Crippen LogP contribution in [0.1, 0.15) is 32.3 Å². The Morgan fingerprint density at radius 2 is 2.22 bits per heavy atom. The van der Waals surface area contributed by atoms with Gasteiger partial charge in [0.1, 0.15) is 5.82 Å². The molecule has 1 heterocycles. The highest BCUT2D eigenvalue weighted by Crippen LogP contribution is 2.38. The number of benzene rings is 1. The van der Waals surface area contributed by atoms with E-state index in [1.807, 2.05) is 13.8 Å². The summed E-state index contributed by atoms with van der Waals surface area (Å²) in [4.78, 5) is 0. The SMILES string of the molecule is CC(C)C1CC(O)(c2cc(Br)ccc2F)CCO1. The van der Waals surface area contributed by atoms with Gasteiger partial charge in [0.25, 0.3) is 0 Å². The predicted octanol–water partition coefficient (Wildman–Crippen LogP) is 3.61. The topological polar surface area (TPSA) is 29.5 Å². The van der Waals surface area contributed by atoms with E-state index in [-0.39, 0.29) is 11.9 Å². The molecular weight excluding hydrogens is 299 g/mol. The molecule has 1 N–H and O–H groups in total. The Bertz CT molecular complexity index is 436. The van der Waals surface area contributed by atoms with Gasteiger partial charge >= 0.3 is 0 Å². The van der Waals surface area contributed by atoms with Crippen molar-refractivity contribution in [2.24, 2.45) is 5.92 Å². The lowest BCUT2D eigenvalue weighted by Crippen LogP contribution is -2.41. The summed E-state index contributed by atoms with van der Waals surface area (Å²) in [5.41, 5.74) is -0.757. The Labute approximate surface area is 115 Å². The van der Waals surface area contributed by atoms with E-state index < -0.39 is 5.60 Å². The molecule has 2 nitrogen and oxygen atoms in total. The summed E-state index contributed by atoms with van der Waals surface area (Å²) in [6.45, 7) is 4.56. The molecule has 1 aromatic carbocycles. The quantitative estimate of drug-likeness (QED) is 0.903. The first-order valence-corrected chi connectivity index (χ1v) is 7.01. The molecule has 18 heavy (non-hydrogen) atoms. The van der Waals surface area contributed by atoms with Gasteiger partial charge in [0.2, 0.25) is 0 Å². The molecule has 1 aromatic rings. The van der Waals surface area contributed by atoms with Crippen molar-refractivity contribution in [3.05, 3.63) is 34.1 Å². The molecule has 1 saturated heterocycles. The van der Waals surface area contributed by atoms with Gasteiger partial charge in [-0.2, -0.15) is 0 Å². The van der Waals surface area contributed by atoms with Crippen LogP contribution >= 0.6 is 15.9 Å². The van der Waals surface area contributed by atoms with Gasteiger partial charge in [0, 0.05) is 22.9 Å². The predicted molar refractivity (Wildman–Crippen MR) is 71.8 cm³/mol. The Kier molecular flexibility index (Phi) is 4.09. The van der Waals surface area contributed by atoms with Crippen LogP contribution in [0.3, 0.4) is 0 Å². The number of hydrogen-bond donors (Lipinski definition) is 1. The summed E-state index contributed by atoms with van der Waals surface area (Å²) < 4.78 is 20.3. The van der Waals surface area contributed by atoms with Crippen LogP contribution in [0, 0.1) is 11.7 Å². The monoisotopic (exact) mass is 316 g/mol. The average Bonchev–Trinajstić information content (AvgIpc) is 2.32. The fraction of sp³-hybridized carbons (Fsp3) is 0.571. The second-order valence-corrected chi connectivity index (χ2v) is 6.18. The Balaban J connectivity index is 2.32. The summed E-state index contributed by atoms with van der Waals surface area (Å²) in [5, 5.41) is 10.7. The van der Waals surface area contributed by atoms with Gasteiger partial charge in [0.05, 0.1) is 18.3 Å². The van der Waals surface area contributed by atoms with Crippen LogP contribution in [0.4, 0.5) is 4.39 Å². The van der Waals surface area contributed by atoms with Gasteiger partial charge < -0.3 is 9.84 Å². The molecule has 0 spiro atoms. The van der Waals surface area contributed by atoms with Crippen molar-refractivity contribution in [1.82, 2.24) is 0 Å². The molecule has 1 aliphatic rings. The number of hydrogen-bond acceptors (Lipinski definition) is 2. The minimum absolute atomic E-state index is 0.0258. The molecule has 100 valence electrons. The molecule has 1 aliphatic heterocycles. The second-order valence-electron chi connectivity index (χ2n) is 5.26. The molecule has 1 fully saturated rings. The fourth-order valence-electron chi connectivity index (χ4n) is 2.40. The van der Waals surface area contributed by atoms with E-state index >= 15 is 0 Å². The summed E-state index contributed by atoms with van der Waals surface area (Å²) in [7, 11) is 0. The maximum atomic E-state index is 13.9. The third-order valence-electron chi connectivity index (χ3n) is 3.56. The van der Waals surface area contributed by atoms with Gasteiger partial charge in [0.15, 0.2) is 0 Å². The van der Waals surface area contributed by atoms with Crippen molar-refractivity contribution < 1.29 is 14.2 Å². The zero-order chi connectivity index (χ0) is 13.3. The zero-order valence-electron chi connectivity index (χ0n) is 10.6. The molecule has 0 aromatic heterocycles. The number of halogens is 2. The van der Waals surface area contributed by atoms with Gasteiger partial charge in [-0.1, -0.05) is 29.8 Å². The second kappa shape index (κ2) is 5.27. The molecule has 0 amide bonds. The van der Waals surface area contributed by atoms with E-state index in [4.69, 9.17) is 4.74 Å². The van der Waals surface area contributed by atoms with E-state index in [2.05, 4.69) is 15.9 Å². The van der Waals surface area contributed by atoms with Gasteiger partial charge in [-0.05, 0) is 24.1 Å². The lowest BCUT2D eigenvalue weighted by Gasteiger charge is -2.39. The van der Waals surface area contributed by atoms with E-state index in [1.54, 1.807) is 12.1 Å².